The summed E-state index contributed by atoms with van der Waals surface area (Å²) < 4.78 is 0. The van der Waals surface area contributed by atoms with Crippen LogP contribution >= 0.6 is 0 Å². The van der Waals surface area contributed by atoms with Crippen molar-refractivity contribution in [3.63, 3.8) is 0 Å². The zero-order valence-electron chi connectivity index (χ0n) is 12.2. The van der Waals surface area contributed by atoms with Crippen molar-refractivity contribution in [2.75, 3.05) is 52.4 Å². The average molecular weight is 251 g/mol. The number of nitrogens with zero attached hydrogens (tertiary/aromatic N) is 3. The molecule has 1 atom stereocenters. The van der Waals surface area contributed by atoms with E-state index in [2.05, 4.69) is 28.5 Å². The highest BCUT2D eigenvalue weighted by Crippen LogP contribution is 2.39. The first-order chi connectivity index (χ1) is 8.75. The Morgan fingerprint density at radius 2 is 1.89 bits per heavy atom. The predicted octanol–water partition coefficient (Wildman–Crippen LogP) is 1.50. The summed E-state index contributed by atoms with van der Waals surface area (Å²) in [6, 6.07) is 0. The van der Waals surface area contributed by atoms with Gasteiger partial charge in [-0.2, -0.15) is 0 Å². The number of rotatable bonds is 4. The molecule has 3 fully saturated rings. The zero-order chi connectivity index (χ0) is 12.6. The maximum absolute atomic E-state index is 2.71. The van der Waals surface area contributed by atoms with Crippen molar-refractivity contribution < 1.29 is 0 Å². The van der Waals surface area contributed by atoms with E-state index in [-0.39, 0.29) is 0 Å². The van der Waals surface area contributed by atoms with Gasteiger partial charge >= 0.3 is 0 Å². The SMILES string of the molecule is CCN1CCCC(CN2CC3(CCN3CC)C2)C1. The Labute approximate surface area is 112 Å². The summed E-state index contributed by atoms with van der Waals surface area (Å²) in [5.41, 5.74) is 0.619. The van der Waals surface area contributed by atoms with Crippen molar-refractivity contribution in [3.8, 4) is 0 Å². The standard InChI is InChI=1S/C15H29N3/c1-3-16-8-5-6-14(10-16)11-17-12-15(13-17)7-9-18(15)4-2/h14H,3-13H2,1-2H3. The Hall–Kier alpha value is -0.120. The lowest BCUT2D eigenvalue weighted by molar-refractivity contribution is -0.125. The second-order valence-electron chi connectivity index (χ2n) is 6.63. The van der Waals surface area contributed by atoms with E-state index in [0.717, 1.165) is 5.92 Å². The molecular weight excluding hydrogens is 222 g/mol. The Balaban J connectivity index is 1.43. The molecule has 18 heavy (non-hydrogen) atoms. The maximum atomic E-state index is 2.71. The molecule has 1 unspecified atom stereocenters. The van der Waals surface area contributed by atoms with Crippen LogP contribution < -0.4 is 0 Å². The van der Waals surface area contributed by atoms with Crippen molar-refractivity contribution in [2.24, 2.45) is 5.92 Å². The highest BCUT2D eigenvalue weighted by Gasteiger charge is 2.52. The van der Waals surface area contributed by atoms with E-state index in [1.807, 2.05) is 0 Å². The van der Waals surface area contributed by atoms with Gasteiger partial charge in [0.2, 0.25) is 0 Å². The van der Waals surface area contributed by atoms with E-state index in [0.29, 0.717) is 5.54 Å². The third-order valence-electron chi connectivity index (χ3n) is 5.50. The number of hydrogen-bond acceptors (Lipinski definition) is 3. The van der Waals surface area contributed by atoms with Gasteiger partial charge < -0.3 is 4.90 Å². The van der Waals surface area contributed by atoms with Gasteiger partial charge in [-0.3, -0.25) is 9.80 Å². The largest absolute Gasteiger partial charge is 0.303 e. The Morgan fingerprint density at radius 1 is 1.06 bits per heavy atom. The Bertz CT molecular complexity index is 283. The molecule has 3 nitrogen and oxygen atoms in total. The molecule has 3 saturated heterocycles. The minimum absolute atomic E-state index is 0.619. The topological polar surface area (TPSA) is 9.72 Å². The van der Waals surface area contributed by atoms with Gasteiger partial charge in [0, 0.05) is 38.3 Å². The van der Waals surface area contributed by atoms with Crippen molar-refractivity contribution in [3.05, 3.63) is 0 Å². The van der Waals surface area contributed by atoms with Crippen LogP contribution in [0.1, 0.15) is 33.1 Å². The molecular formula is C15H29N3. The van der Waals surface area contributed by atoms with E-state index in [1.54, 1.807) is 0 Å². The number of piperidine rings is 1. The molecule has 104 valence electrons. The molecule has 3 heteroatoms. The summed E-state index contributed by atoms with van der Waals surface area (Å²) in [6.07, 6.45) is 4.32. The summed E-state index contributed by atoms with van der Waals surface area (Å²) in [5, 5.41) is 0. The summed E-state index contributed by atoms with van der Waals surface area (Å²) >= 11 is 0. The third kappa shape index (κ3) is 2.21. The number of likely N-dealkylation sites (N-methyl/N-ethyl adjacent to an activating group) is 1. The van der Waals surface area contributed by atoms with Crippen molar-refractivity contribution in [1.82, 2.24) is 14.7 Å². The van der Waals surface area contributed by atoms with Crippen molar-refractivity contribution in [2.45, 2.75) is 38.6 Å². The predicted molar refractivity (Wildman–Crippen MR) is 75.9 cm³/mol. The van der Waals surface area contributed by atoms with Crippen LogP contribution in [0.2, 0.25) is 0 Å². The summed E-state index contributed by atoms with van der Waals surface area (Å²) in [5.74, 6) is 0.936. The fourth-order valence-electron chi connectivity index (χ4n) is 4.31. The summed E-state index contributed by atoms with van der Waals surface area (Å²) in [4.78, 5) is 8.03. The lowest BCUT2D eigenvalue weighted by Gasteiger charge is -2.63. The molecule has 3 rings (SSSR count). The Morgan fingerprint density at radius 3 is 2.50 bits per heavy atom. The lowest BCUT2D eigenvalue weighted by Crippen LogP contribution is -2.76. The first kappa shape index (κ1) is 12.9. The van der Waals surface area contributed by atoms with Gasteiger partial charge in [0.1, 0.15) is 0 Å². The molecule has 3 aliphatic rings. The fourth-order valence-corrected chi connectivity index (χ4v) is 4.31. The van der Waals surface area contributed by atoms with Gasteiger partial charge in [0.15, 0.2) is 0 Å². The van der Waals surface area contributed by atoms with E-state index in [4.69, 9.17) is 0 Å². The first-order valence-electron chi connectivity index (χ1n) is 7.95. The smallest absolute Gasteiger partial charge is 0.0475 e. The minimum Gasteiger partial charge on any atom is -0.303 e. The molecule has 0 aliphatic carbocycles. The summed E-state index contributed by atoms with van der Waals surface area (Å²) in [6.45, 7) is 15.2. The molecule has 3 aliphatic heterocycles. The van der Waals surface area contributed by atoms with Crippen LogP contribution in [0.15, 0.2) is 0 Å². The van der Waals surface area contributed by atoms with Crippen LogP contribution in [0.4, 0.5) is 0 Å². The monoisotopic (exact) mass is 251 g/mol. The summed E-state index contributed by atoms with van der Waals surface area (Å²) in [7, 11) is 0. The van der Waals surface area contributed by atoms with Crippen LogP contribution in [-0.4, -0.2) is 72.6 Å². The van der Waals surface area contributed by atoms with E-state index < -0.39 is 0 Å². The van der Waals surface area contributed by atoms with Gasteiger partial charge in [0.05, 0.1) is 0 Å². The first-order valence-corrected chi connectivity index (χ1v) is 7.95. The highest BCUT2D eigenvalue weighted by atomic mass is 15.4. The lowest BCUT2D eigenvalue weighted by atomic mass is 9.77. The Kier molecular flexibility index (Phi) is 3.65. The van der Waals surface area contributed by atoms with E-state index >= 15 is 0 Å². The molecule has 0 saturated carbocycles. The van der Waals surface area contributed by atoms with Gasteiger partial charge in [-0.05, 0) is 44.8 Å². The van der Waals surface area contributed by atoms with E-state index in [1.165, 1.54) is 71.6 Å². The molecule has 0 radical (unpaired) electrons. The van der Waals surface area contributed by atoms with Crippen molar-refractivity contribution >= 4 is 0 Å². The highest BCUT2D eigenvalue weighted by molar-refractivity contribution is 5.10. The van der Waals surface area contributed by atoms with Crippen molar-refractivity contribution in [1.29, 1.82) is 0 Å². The van der Waals surface area contributed by atoms with Gasteiger partial charge in [0.25, 0.3) is 0 Å². The average Bonchev–Trinajstić information content (AvgIpc) is 2.32. The normalized spacial score (nSPS) is 33.3. The molecule has 0 amide bonds. The molecule has 0 bridgehead atoms. The van der Waals surface area contributed by atoms with Crippen LogP contribution in [-0.2, 0) is 0 Å². The molecule has 0 N–H and O–H groups in total. The molecule has 0 aromatic rings. The molecule has 0 aromatic heterocycles. The fraction of sp³-hybridized carbons (Fsp3) is 1.00. The molecule has 3 heterocycles. The molecule has 1 spiro atoms. The minimum atomic E-state index is 0.619. The van der Waals surface area contributed by atoms with Gasteiger partial charge in [-0.25, -0.2) is 0 Å². The van der Waals surface area contributed by atoms with Crippen LogP contribution in [0.5, 0.6) is 0 Å². The quantitative estimate of drug-likeness (QED) is 0.750. The van der Waals surface area contributed by atoms with Crippen LogP contribution in [0.3, 0.4) is 0 Å². The zero-order valence-corrected chi connectivity index (χ0v) is 12.2. The number of hydrogen-bond donors (Lipinski definition) is 0. The second-order valence-corrected chi connectivity index (χ2v) is 6.63. The third-order valence-corrected chi connectivity index (χ3v) is 5.50. The van der Waals surface area contributed by atoms with Gasteiger partial charge in [-0.1, -0.05) is 13.8 Å². The maximum Gasteiger partial charge on any atom is 0.0475 e. The van der Waals surface area contributed by atoms with Crippen LogP contribution in [0, 0.1) is 5.92 Å². The van der Waals surface area contributed by atoms with E-state index in [9.17, 15) is 0 Å². The number of likely N-dealkylation sites (tertiary alicyclic amines) is 3. The molecule has 0 aromatic carbocycles. The van der Waals surface area contributed by atoms with Gasteiger partial charge in [-0.15, -0.1) is 0 Å². The van der Waals surface area contributed by atoms with Crippen LogP contribution in [0.25, 0.3) is 0 Å². The second kappa shape index (κ2) is 5.10.